The van der Waals surface area contributed by atoms with Gasteiger partial charge in [-0.25, -0.2) is 0 Å². The van der Waals surface area contributed by atoms with Crippen molar-refractivity contribution >= 4 is 0 Å². The molecule has 1 heteroatoms. The van der Waals surface area contributed by atoms with Gasteiger partial charge in [-0.2, -0.15) is 0 Å². The van der Waals surface area contributed by atoms with Crippen molar-refractivity contribution in [1.82, 2.24) is 0 Å². The third-order valence-electron chi connectivity index (χ3n) is 3.03. The summed E-state index contributed by atoms with van der Waals surface area (Å²) in [5.74, 6) is 0. The van der Waals surface area contributed by atoms with Gasteiger partial charge in [0, 0.05) is 6.61 Å². The molecule has 2 aromatic rings. The number of aliphatic hydroxyl groups excluding tert-OH is 1. The average Bonchev–Trinajstić information content (AvgIpc) is 2.34. The van der Waals surface area contributed by atoms with E-state index >= 15 is 0 Å². The summed E-state index contributed by atoms with van der Waals surface area (Å²) in [5, 5.41) is 8.52. The lowest BCUT2D eigenvalue weighted by molar-refractivity contribution is 0.299. The first-order chi connectivity index (χ1) is 8.40. The summed E-state index contributed by atoms with van der Waals surface area (Å²) in [4.78, 5) is 0. The van der Waals surface area contributed by atoms with Gasteiger partial charge in [0.15, 0.2) is 0 Å². The van der Waals surface area contributed by atoms with Gasteiger partial charge in [0.25, 0.3) is 0 Å². The molecular weight excluding hydrogens is 208 g/mol. The van der Waals surface area contributed by atoms with Crippen molar-refractivity contribution in [3.05, 3.63) is 71.3 Å². The summed E-state index contributed by atoms with van der Waals surface area (Å²) in [6.45, 7) is 0.240. The van der Waals surface area contributed by atoms with E-state index in [4.69, 9.17) is 5.11 Å². The summed E-state index contributed by atoms with van der Waals surface area (Å²) >= 11 is 0. The van der Waals surface area contributed by atoms with Crippen molar-refractivity contribution in [2.45, 2.75) is 19.3 Å². The lowest BCUT2D eigenvalue weighted by Crippen LogP contribution is -2.06. The zero-order chi connectivity index (χ0) is 11.9. The molecule has 0 saturated carbocycles. The molecule has 0 unspecified atom stereocenters. The standard InChI is InChI=1S/C8H10O.C8H8/c9-7-6-8-4-2-1-3-5-8;1-2-4-8-6-5-7(8)3-1/h1-5,9H,6-7H2;1-4H,5-6H2. The zero-order valence-electron chi connectivity index (χ0n) is 9.97. The molecule has 0 saturated heterocycles. The summed E-state index contributed by atoms with van der Waals surface area (Å²) in [7, 11) is 0. The number of hydrogen-bond acceptors (Lipinski definition) is 1. The van der Waals surface area contributed by atoms with E-state index in [2.05, 4.69) is 24.3 Å². The van der Waals surface area contributed by atoms with Crippen molar-refractivity contribution in [3.63, 3.8) is 0 Å². The lowest BCUT2D eigenvalue weighted by atomic mass is 9.89. The molecule has 0 radical (unpaired) electrons. The van der Waals surface area contributed by atoms with Gasteiger partial charge in [-0.15, -0.1) is 0 Å². The molecule has 1 aliphatic carbocycles. The molecule has 0 bridgehead atoms. The normalized spacial score (nSPS) is 11.8. The Morgan fingerprint density at radius 3 is 1.71 bits per heavy atom. The van der Waals surface area contributed by atoms with Crippen LogP contribution in [-0.2, 0) is 19.3 Å². The van der Waals surface area contributed by atoms with Gasteiger partial charge in [0.05, 0.1) is 0 Å². The zero-order valence-corrected chi connectivity index (χ0v) is 9.97. The maximum Gasteiger partial charge on any atom is 0.0471 e. The van der Waals surface area contributed by atoms with Gasteiger partial charge in [-0.1, -0.05) is 54.6 Å². The van der Waals surface area contributed by atoms with Crippen LogP contribution >= 0.6 is 0 Å². The molecule has 1 aliphatic rings. The minimum absolute atomic E-state index is 0.240. The number of aryl methyl sites for hydroxylation is 2. The van der Waals surface area contributed by atoms with Gasteiger partial charge >= 0.3 is 0 Å². The second-order valence-corrected chi connectivity index (χ2v) is 4.23. The number of rotatable bonds is 2. The molecule has 1 N–H and O–H groups in total. The molecule has 0 heterocycles. The Morgan fingerprint density at radius 1 is 0.765 bits per heavy atom. The maximum atomic E-state index is 8.52. The molecular formula is C16H18O. The van der Waals surface area contributed by atoms with Crippen LogP contribution in [0.25, 0.3) is 0 Å². The van der Waals surface area contributed by atoms with E-state index < -0.39 is 0 Å². The van der Waals surface area contributed by atoms with E-state index in [1.54, 1.807) is 11.1 Å². The summed E-state index contributed by atoms with van der Waals surface area (Å²) in [6, 6.07) is 18.6. The van der Waals surface area contributed by atoms with Gasteiger partial charge in [0.2, 0.25) is 0 Å². The summed E-state index contributed by atoms with van der Waals surface area (Å²) in [5.41, 5.74) is 4.29. The summed E-state index contributed by atoms with van der Waals surface area (Å²) in [6.07, 6.45) is 3.37. The number of hydrogen-bond donors (Lipinski definition) is 1. The van der Waals surface area contributed by atoms with Gasteiger partial charge in [-0.05, 0) is 36.0 Å². The molecule has 0 amide bonds. The number of fused-ring (bicyclic) bond motifs is 1. The van der Waals surface area contributed by atoms with E-state index in [0.717, 1.165) is 6.42 Å². The predicted molar refractivity (Wildman–Crippen MR) is 71.1 cm³/mol. The molecule has 0 aromatic heterocycles. The first kappa shape index (κ1) is 11.9. The van der Waals surface area contributed by atoms with Gasteiger partial charge < -0.3 is 5.11 Å². The molecule has 0 fully saturated rings. The minimum Gasteiger partial charge on any atom is -0.396 e. The Kier molecular flexibility index (Phi) is 4.34. The largest absolute Gasteiger partial charge is 0.396 e. The van der Waals surface area contributed by atoms with E-state index in [1.165, 1.54) is 18.4 Å². The highest BCUT2D eigenvalue weighted by atomic mass is 16.2. The van der Waals surface area contributed by atoms with Crippen LogP contribution < -0.4 is 0 Å². The van der Waals surface area contributed by atoms with E-state index in [1.807, 2.05) is 30.3 Å². The van der Waals surface area contributed by atoms with Crippen LogP contribution in [0.5, 0.6) is 0 Å². The van der Waals surface area contributed by atoms with Gasteiger partial charge in [-0.3, -0.25) is 0 Å². The molecule has 0 atom stereocenters. The Hall–Kier alpha value is -1.60. The molecule has 17 heavy (non-hydrogen) atoms. The van der Waals surface area contributed by atoms with Crippen molar-refractivity contribution in [3.8, 4) is 0 Å². The molecule has 1 nitrogen and oxygen atoms in total. The van der Waals surface area contributed by atoms with E-state index in [0.29, 0.717) is 0 Å². The smallest absolute Gasteiger partial charge is 0.0471 e. The van der Waals surface area contributed by atoms with Crippen LogP contribution in [0.1, 0.15) is 16.7 Å². The Balaban J connectivity index is 0.000000127. The highest BCUT2D eigenvalue weighted by Crippen LogP contribution is 2.20. The first-order valence-corrected chi connectivity index (χ1v) is 6.11. The van der Waals surface area contributed by atoms with Crippen LogP contribution in [0.3, 0.4) is 0 Å². The average molecular weight is 226 g/mol. The van der Waals surface area contributed by atoms with Crippen LogP contribution in [-0.4, -0.2) is 11.7 Å². The van der Waals surface area contributed by atoms with Gasteiger partial charge in [0.1, 0.15) is 0 Å². The lowest BCUT2D eigenvalue weighted by Gasteiger charge is -2.16. The van der Waals surface area contributed by atoms with Crippen LogP contribution in [0.2, 0.25) is 0 Å². The summed E-state index contributed by atoms with van der Waals surface area (Å²) < 4.78 is 0. The highest BCUT2D eigenvalue weighted by Gasteiger charge is 2.09. The number of aliphatic hydroxyl groups is 1. The third-order valence-corrected chi connectivity index (χ3v) is 3.03. The van der Waals surface area contributed by atoms with Crippen molar-refractivity contribution in [1.29, 1.82) is 0 Å². The Morgan fingerprint density at radius 2 is 1.29 bits per heavy atom. The SMILES string of the molecule is OCCc1ccccc1.c1ccc2c(c1)CC2. The van der Waals surface area contributed by atoms with Crippen molar-refractivity contribution in [2.24, 2.45) is 0 Å². The topological polar surface area (TPSA) is 20.2 Å². The highest BCUT2D eigenvalue weighted by molar-refractivity contribution is 5.34. The predicted octanol–water partition coefficient (Wildman–Crippen LogP) is 3.01. The fraction of sp³-hybridized carbons (Fsp3) is 0.250. The monoisotopic (exact) mass is 226 g/mol. The second kappa shape index (κ2) is 6.21. The number of benzene rings is 2. The van der Waals surface area contributed by atoms with E-state index in [-0.39, 0.29) is 6.61 Å². The minimum atomic E-state index is 0.240. The fourth-order valence-electron chi connectivity index (χ4n) is 1.91. The van der Waals surface area contributed by atoms with Crippen molar-refractivity contribution < 1.29 is 5.11 Å². The molecule has 88 valence electrons. The molecule has 3 rings (SSSR count). The molecule has 0 spiro atoms. The quantitative estimate of drug-likeness (QED) is 0.834. The Labute approximate surface area is 103 Å². The molecule has 2 aromatic carbocycles. The first-order valence-electron chi connectivity index (χ1n) is 6.11. The Bertz CT molecular complexity index is 425. The van der Waals surface area contributed by atoms with E-state index in [9.17, 15) is 0 Å². The third kappa shape index (κ3) is 3.43. The maximum absolute atomic E-state index is 8.52. The van der Waals surface area contributed by atoms with Crippen LogP contribution in [0.4, 0.5) is 0 Å². The second-order valence-electron chi connectivity index (χ2n) is 4.23. The van der Waals surface area contributed by atoms with Crippen LogP contribution in [0.15, 0.2) is 54.6 Å². The van der Waals surface area contributed by atoms with Crippen molar-refractivity contribution in [2.75, 3.05) is 6.61 Å². The van der Waals surface area contributed by atoms with Crippen LogP contribution in [0, 0.1) is 0 Å². The molecule has 0 aliphatic heterocycles. The fourth-order valence-corrected chi connectivity index (χ4v) is 1.91.